The van der Waals surface area contributed by atoms with Crippen molar-refractivity contribution in [1.29, 1.82) is 0 Å². The lowest BCUT2D eigenvalue weighted by molar-refractivity contribution is -0.161. The Morgan fingerprint density at radius 3 is 2.42 bits per heavy atom. The minimum absolute atomic E-state index is 0.121. The smallest absolute Gasteiger partial charge is 0.412 e. The third-order valence-electron chi connectivity index (χ3n) is 8.45. The quantitative estimate of drug-likeness (QED) is 0.164. The number of amides is 1. The number of aryl methyl sites for hydroxylation is 2. The first-order valence-corrected chi connectivity index (χ1v) is 17.9. The highest BCUT2D eigenvalue weighted by Gasteiger charge is 2.44. The standard InChI is InChI=1S/C37H45N3O7S/c1-6-19-37(20-18-27-12-9-8-10-13-27)22-32(46-36(43)39-24-31(41)25(3)4)34(35(42)47-37)30(7-2)28-14-11-15-29(21-28)40-48(44,45)33-17-16-26(5)23-38-33/h8-17,21,23,25,30,40H,6-7,18-20,22,24H2,1-5H3,(H,39,43)/t30-,37-/m1/s1. The zero-order valence-corrected chi connectivity index (χ0v) is 29.1. The fraction of sp³-hybridized carbons (Fsp3) is 0.405. The van der Waals surface area contributed by atoms with E-state index >= 15 is 0 Å². The van der Waals surface area contributed by atoms with E-state index in [0.29, 0.717) is 31.2 Å². The number of alkyl carbamates (subject to hydrolysis) is 1. The molecule has 2 atom stereocenters. The van der Waals surface area contributed by atoms with Crippen LogP contribution < -0.4 is 10.0 Å². The summed E-state index contributed by atoms with van der Waals surface area (Å²) < 4.78 is 41.0. The third-order valence-corrected chi connectivity index (χ3v) is 9.75. The summed E-state index contributed by atoms with van der Waals surface area (Å²) in [4.78, 5) is 43.5. The Morgan fingerprint density at radius 1 is 1.02 bits per heavy atom. The molecule has 2 N–H and O–H groups in total. The van der Waals surface area contributed by atoms with Crippen LogP contribution in [0.2, 0.25) is 0 Å². The van der Waals surface area contributed by atoms with Crippen LogP contribution in [-0.2, 0) is 35.5 Å². The Bertz CT molecular complexity index is 1740. The number of Topliss-reactive ketones (excluding diaryl/α,β-unsaturated/α-hetero) is 1. The number of aromatic nitrogens is 1. The van der Waals surface area contributed by atoms with Gasteiger partial charge in [0.2, 0.25) is 0 Å². The second-order valence-corrected chi connectivity index (χ2v) is 14.2. The monoisotopic (exact) mass is 675 g/mol. The fourth-order valence-corrected chi connectivity index (χ4v) is 6.83. The van der Waals surface area contributed by atoms with E-state index < -0.39 is 33.6 Å². The second-order valence-electron chi connectivity index (χ2n) is 12.6. The molecule has 1 amide bonds. The lowest BCUT2D eigenvalue weighted by Crippen LogP contribution is -2.43. The first kappa shape index (κ1) is 36.3. The Morgan fingerprint density at radius 2 is 1.77 bits per heavy atom. The minimum atomic E-state index is -3.98. The van der Waals surface area contributed by atoms with Gasteiger partial charge in [0.15, 0.2) is 10.8 Å². The van der Waals surface area contributed by atoms with Crippen molar-refractivity contribution >= 4 is 33.6 Å². The highest BCUT2D eigenvalue weighted by atomic mass is 32.2. The van der Waals surface area contributed by atoms with Crippen LogP contribution in [0.3, 0.4) is 0 Å². The van der Waals surface area contributed by atoms with Gasteiger partial charge in [-0.1, -0.05) is 82.6 Å². The molecule has 0 unspecified atom stereocenters. The Balaban J connectivity index is 1.70. The van der Waals surface area contributed by atoms with Gasteiger partial charge in [-0.15, -0.1) is 0 Å². The van der Waals surface area contributed by atoms with Gasteiger partial charge in [0.25, 0.3) is 10.0 Å². The van der Waals surface area contributed by atoms with E-state index in [2.05, 4.69) is 15.0 Å². The summed E-state index contributed by atoms with van der Waals surface area (Å²) >= 11 is 0. The predicted octanol–water partition coefficient (Wildman–Crippen LogP) is 7.01. The third kappa shape index (κ3) is 9.31. The molecule has 1 aliphatic heterocycles. The summed E-state index contributed by atoms with van der Waals surface area (Å²) in [5.74, 6) is -1.42. The number of rotatable bonds is 15. The van der Waals surface area contributed by atoms with Crippen LogP contribution in [0.1, 0.15) is 82.4 Å². The molecule has 2 heterocycles. The normalized spacial score (nSPS) is 17.1. The summed E-state index contributed by atoms with van der Waals surface area (Å²) in [7, 11) is -3.98. The number of hydrogen-bond donors (Lipinski definition) is 2. The maximum absolute atomic E-state index is 14.1. The van der Waals surface area contributed by atoms with Gasteiger partial charge >= 0.3 is 12.1 Å². The van der Waals surface area contributed by atoms with Crippen LogP contribution in [0.5, 0.6) is 0 Å². The summed E-state index contributed by atoms with van der Waals surface area (Å²) in [6, 6.07) is 19.8. The van der Waals surface area contributed by atoms with Crippen molar-refractivity contribution in [1.82, 2.24) is 10.3 Å². The van der Waals surface area contributed by atoms with Gasteiger partial charge in [-0.2, -0.15) is 8.42 Å². The summed E-state index contributed by atoms with van der Waals surface area (Å²) in [6.07, 6.45) is 3.70. The number of sulfonamides is 1. The SMILES string of the molecule is CCC[C@@]1(CCc2ccccc2)CC(OC(=O)NCC(=O)C(C)C)=C([C@H](CC)c2cccc(NS(=O)(=O)c3ccc(C)cn3)c2)C(=O)O1. The van der Waals surface area contributed by atoms with Crippen molar-refractivity contribution < 1.29 is 32.3 Å². The van der Waals surface area contributed by atoms with Gasteiger partial charge in [0, 0.05) is 30.1 Å². The minimum Gasteiger partial charge on any atom is -0.455 e. The molecule has 0 fully saturated rings. The number of hydrogen-bond acceptors (Lipinski definition) is 8. The van der Waals surface area contributed by atoms with Gasteiger partial charge in [-0.3, -0.25) is 9.52 Å². The Labute approximate surface area is 283 Å². The van der Waals surface area contributed by atoms with Crippen LogP contribution in [0.4, 0.5) is 10.5 Å². The number of cyclic esters (lactones) is 1. The van der Waals surface area contributed by atoms with E-state index in [-0.39, 0.29) is 46.7 Å². The number of esters is 1. The Hall–Kier alpha value is -4.51. The van der Waals surface area contributed by atoms with Gasteiger partial charge in [0.05, 0.1) is 12.1 Å². The number of nitrogens with zero attached hydrogens (tertiary/aromatic N) is 1. The van der Waals surface area contributed by atoms with Crippen LogP contribution in [-0.4, -0.2) is 43.4 Å². The number of carbonyl (C=O) groups excluding carboxylic acids is 3. The second kappa shape index (κ2) is 16.1. The number of ether oxygens (including phenoxy) is 2. The summed E-state index contributed by atoms with van der Waals surface area (Å²) in [5, 5.41) is 2.41. The molecule has 0 saturated carbocycles. The van der Waals surface area contributed by atoms with E-state index in [1.165, 1.54) is 12.3 Å². The zero-order valence-electron chi connectivity index (χ0n) is 28.2. The Kier molecular flexibility index (Phi) is 12.2. The molecule has 1 aliphatic rings. The lowest BCUT2D eigenvalue weighted by atomic mass is 9.80. The van der Waals surface area contributed by atoms with Crippen LogP contribution in [0, 0.1) is 12.8 Å². The van der Waals surface area contributed by atoms with E-state index in [1.807, 2.05) is 51.1 Å². The average Bonchev–Trinajstić information content (AvgIpc) is 3.05. The maximum atomic E-state index is 14.1. The molecule has 2 aromatic carbocycles. The molecule has 1 aromatic heterocycles. The summed E-state index contributed by atoms with van der Waals surface area (Å²) in [5.41, 5.74) is 2.12. The largest absolute Gasteiger partial charge is 0.455 e. The number of ketones is 1. The number of carbonyl (C=O) groups is 3. The van der Waals surface area contributed by atoms with Crippen LogP contribution >= 0.6 is 0 Å². The van der Waals surface area contributed by atoms with Crippen molar-refractivity contribution in [2.75, 3.05) is 11.3 Å². The molecule has 3 aromatic rings. The van der Waals surface area contributed by atoms with Crippen molar-refractivity contribution in [3.8, 4) is 0 Å². The van der Waals surface area contributed by atoms with E-state index in [9.17, 15) is 22.8 Å². The maximum Gasteiger partial charge on any atom is 0.412 e. The molecule has 0 aliphatic carbocycles. The molecule has 4 rings (SSSR count). The van der Waals surface area contributed by atoms with Crippen LogP contribution in [0.15, 0.2) is 89.3 Å². The molecule has 10 nitrogen and oxygen atoms in total. The molecule has 256 valence electrons. The molecule has 0 saturated heterocycles. The predicted molar refractivity (Wildman–Crippen MR) is 184 cm³/mol. The van der Waals surface area contributed by atoms with Crippen molar-refractivity contribution in [3.63, 3.8) is 0 Å². The lowest BCUT2D eigenvalue weighted by Gasteiger charge is -2.39. The van der Waals surface area contributed by atoms with Crippen molar-refractivity contribution in [2.24, 2.45) is 5.92 Å². The van der Waals surface area contributed by atoms with Crippen molar-refractivity contribution in [2.45, 2.75) is 89.7 Å². The first-order valence-electron chi connectivity index (χ1n) is 16.4. The molecular weight excluding hydrogens is 630 g/mol. The number of benzene rings is 2. The van der Waals surface area contributed by atoms with Crippen molar-refractivity contribution in [3.05, 3.63) is 101 Å². The molecule has 48 heavy (non-hydrogen) atoms. The molecule has 0 spiro atoms. The number of anilines is 1. The van der Waals surface area contributed by atoms with E-state index in [0.717, 1.165) is 17.5 Å². The highest BCUT2D eigenvalue weighted by Crippen LogP contribution is 2.43. The molecule has 0 bridgehead atoms. The first-order chi connectivity index (χ1) is 22.9. The number of pyridine rings is 1. The summed E-state index contributed by atoms with van der Waals surface area (Å²) in [6.45, 7) is 9.01. The molecular formula is C37H45N3O7S. The van der Waals surface area contributed by atoms with Gasteiger partial charge in [-0.05, 0) is 67.5 Å². The van der Waals surface area contributed by atoms with E-state index in [1.54, 1.807) is 44.2 Å². The topological polar surface area (TPSA) is 141 Å². The highest BCUT2D eigenvalue weighted by molar-refractivity contribution is 7.92. The van der Waals surface area contributed by atoms with Gasteiger partial charge < -0.3 is 14.8 Å². The molecule has 0 radical (unpaired) electrons. The van der Waals surface area contributed by atoms with Gasteiger partial charge in [0.1, 0.15) is 11.4 Å². The van der Waals surface area contributed by atoms with Gasteiger partial charge in [-0.25, -0.2) is 14.6 Å². The fourth-order valence-electron chi connectivity index (χ4n) is 5.85. The van der Waals surface area contributed by atoms with Crippen LogP contribution in [0.25, 0.3) is 0 Å². The average molecular weight is 676 g/mol. The molecule has 11 heteroatoms. The van der Waals surface area contributed by atoms with E-state index in [4.69, 9.17) is 9.47 Å². The zero-order chi connectivity index (χ0) is 34.9. The number of nitrogens with one attached hydrogen (secondary N) is 2.